The fraction of sp³-hybridized carbons (Fsp3) is 0.118. The number of ketones is 1. The molecule has 2 aromatic carbocycles. The van der Waals surface area contributed by atoms with Crippen molar-refractivity contribution in [2.45, 2.75) is 6.18 Å². The van der Waals surface area contributed by atoms with E-state index in [1.165, 1.54) is 30.3 Å². The number of halogens is 3. The van der Waals surface area contributed by atoms with Crippen LogP contribution in [-0.2, 0) is 10.9 Å². The molecule has 0 atom stereocenters. The SMILES string of the molecule is N#Cc1cccc(C(=O)OCC(=O)c2cccc(C(F)(F)F)c2)c1. The normalized spacial score (nSPS) is 10.8. The van der Waals surface area contributed by atoms with Crippen LogP contribution in [0.2, 0.25) is 0 Å². The number of hydrogen-bond donors (Lipinski definition) is 0. The molecular formula is C17H10F3NO3. The van der Waals surface area contributed by atoms with Gasteiger partial charge in [0.1, 0.15) is 0 Å². The van der Waals surface area contributed by atoms with Gasteiger partial charge in [0.05, 0.1) is 22.8 Å². The number of nitrogens with zero attached hydrogens (tertiary/aromatic N) is 1. The number of benzene rings is 2. The van der Waals surface area contributed by atoms with Gasteiger partial charge in [-0.05, 0) is 30.3 Å². The van der Waals surface area contributed by atoms with Gasteiger partial charge in [0.15, 0.2) is 12.4 Å². The Morgan fingerprint density at radius 3 is 2.38 bits per heavy atom. The molecule has 24 heavy (non-hydrogen) atoms. The lowest BCUT2D eigenvalue weighted by Crippen LogP contribution is -2.15. The van der Waals surface area contributed by atoms with Gasteiger partial charge in [-0.2, -0.15) is 18.4 Å². The van der Waals surface area contributed by atoms with Gasteiger partial charge in [0.25, 0.3) is 0 Å². The molecule has 0 heterocycles. The van der Waals surface area contributed by atoms with Crippen LogP contribution in [0.5, 0.6) is 0 Å². The van der Waals surface area contributed by atoms with Gasteiger partial charge >= 0.3 is 12.1 Å². The Bertz CT molecular complexity index is 822. The van der Waals surface area contributed by atoms with Crippen LogP contribution in [0.25, 0.3) is 0 Å². The van der Waals surface area contributed by atoms with Crippen molar-refractivity contribution < 1.29 is 27.5 Å². The molecule has 4 nitrogen and oxygen atoms in total. The maximum absolute atomic E-state index is 12.6. The quantitative estimate of drug-likeness (QED) is 0.633. The van der Waals surface area contributed by atoms with Crippen LogP contribution in [0, 0.1) is 11.3 Å². The first-order valence-electron chi connectivity index (χ1n) is 6.69. The summed E-state index contributed by atoms with van der Waals surface area (Å²) in [6.45, 7) is -0.697. The molecule has 0 spiro atoms. The molecule has 0 unspecified atom stereocenters. The first kappa shape index (κ1) is 17.2. The molecule has 0 aliphatic rings. The molecule has 0 saturated heterocycles. The van der Waals surface area contributed by atoms with Gasteiger partial charge < -0.3 is 4.74 Å². The zero-order valence-corrected chi connectivity index (χ0v) is 12.1. The van der Waals surface area contributed by atoms with E-state index in [0.717, 1.165) is 12.1 Å². The van der Waals surface area contributed by atoms with Crippen LogP contribution in [-0.4, -0.2) is 18.4 Å². The number of Topliss-reactive ketones (excluding diaryl/α,β-unsaturated/α-hetero) is 1. The van der Waals surface area contributed by atoms with E-state index in [9.17, 15) is 22.8 Å². The zero-order valence-electron chi connectivity index (χ0n) is 12.1. The molecule has 0 N–H and O–H groups in total. The minimum Gasteiger partial charge on any atom is -0.454 e. The van der Waals surface area contributed by atoms with Crippen molar-refractivity contribution >= 4 is 11.8 Å². The molecule has 0 bridgehead atoms. The molecule has 0 fully saturated rings. The lowest BCUT2D eigenvalue weighted by Gasteiger charge is -2.08. The fourth-order valence-corrected chi connectivity index (χ4v) is 1.88. The van der Waals surface area contributed by atoms with Crippen LogP contribution in [0.4, 0.5) is 13.2 Å². The minimum absolute atomic E-state index is 0.0749. The van der Waals surface area contributed by atoms with Crippen molar-refractivity contribution in [1.82, 2.24) is 0 Å². The van der Waals surface area contributed by atoms with Crippen LogP contribution in [0.15, 0.2) is 48.5 Å². The van der Waals surface area contributed by atoms with Crippen molar-refractivity contribution in [1.29, 1.82) is 5.26 Å². The summed E-state index contributed by atoms with van der Waals surface area (Å²) in [4.78, 5) is 23.7. The Morgan fingerprint density at radius 2 is 1.71 bits per heavy atom. The average Bonchev–Trinajstić information content (AvgIpc) is 2.58. The highest BCUT2D eigenvalue weighted by molar-refractivity contribution is 5.99. The van der Waals surface area contributed by atoms with Gasteiger partial charge in [-0.25, -0.2) is 4.79 Å². The summed E-state index contributed by atoms with van der Waals surface area (Å²) < 4.78 is 42.6. The second-order valence-corrected chi connectivity index (χ2v) is 4.77. The third-order valence-electron chi connectivity index (χ3n) is 3.07. The number of alkyl halides is 3. The molecule has 0 radical (unpaired) electrons. The van der Waals surface area contributed by atoms with E-state index >= 15 is 0 Å². The number of carbonyl (C=O) groups is 2. The van der Waals surface area contributed by atoms with E-state index in [1.807, 2.05) is 6.07 Å². The average molecular weight is 333 g/mol. The predicted molar refractivity (Wildman–Crippen MR) is 77.2 cm³/mol. The summed E-state index contributed by atoms with van der Waals surface area (Å²) in [7, 11) is 0. The number of carbonyl (C=O) groups excluding carboxylic acids is 2. The van der Waals surface area contributed by atoms with E-state index in [-0.39, 0.29) is 16.7 Å². The summed E-state index contributed by atoms with van der Waals surface area (Å²) in [5.74, 6) is -1.60. The zero-order chi connectivity index (χ0) is 17.7. The molecule has 0 aliphatic heterocycles. The Morgan fingerprint density at radius 1 is 1.04 bits per heavy atom. The topological polar surface area (TPSA) is 67.2 Å². The Hall–Kier alpha value is -3.14. The minimum atomic E-state index is -4.56. The maximum Gasteiger partial charge on any atom is 0.416 e. The lowest BCUT2D eigenvalue weighted by molar-refractivity contribution is -0.137. The third-order valence-corrected chi connectivity index (χ3v) is 3.07. The summed E-state index contributed by atoms with van der Waals surface area (Å²) in [6.07, 6.45) is -4.56. The van der Waals surface area contributed by atoms with Crippen molar-refractivity contribution in [2.75, 3.05) is 6.61 Å². The molecular weight excluding hydrogens is 323 g/mol. The van der Waals surface area contributed by atoms with Crippen LogP contribution in [0.3, 0.4) is 0 Å². The van der Waals surface area contributed by atoms with E-state index in [4.69, 9.17) is 10.00 Å². The number of ether oxygens (including phenoxy) is 1. The van der Waals surface area contributed by atoms with Gasteiger partial charge in [-0.15, -0.1) is 0 Å². The molecule has 122 valence electrons. The van der Waals surface area contributed by atoms with Gasteiger partial charge in [0, 0.05) is 5.56 Å². The maximum atomic E-state index is 12.6. The van der Waals surface area contributed by atoms with Crippen molar-refractivity contribution in [2.24, 2.45) is 0 Å². The molecule has 0 saturated carbocycles. The first-order chi connectivity index (χ1) is 11.3. The molecule has 7 heteroatoms. The number of nitriles is 1. The number of esters is 1. The highest BCUT2D eigenvalue weighted by Gasteiger charge is 2.30. The third kappa shape index (κ3) is 4.20. The second kappa shape index (κ2) is 6.96. The summed E-state index contributed by atoms with van der Waals surface area (Å²) in [6, 6.07) is 11.4. The van der Waals surface area contributed by atoms with Crippen molar-refractivity contribution in [3.8, 4) is 6.07 Å². The van der Waals surface area contributed by atoms with E-state index in [1.54, 1.807) is 0 Å². The summed E-state index contributed by atoms with van der Waals surface area (Å²) in [5, 5.41) is 8.75. The first-order valence-corrected chi connectivity index (χ1v) is 6.69. The largest absolute Gasteiger partial charge is 0.454 e. The highest BCUT2D eigenvalue weighted by Crippen LogP contribution is 2.29. The summed E-state index contributed by atoms with van der Waals surface area (Å²) in [5.41, 5.74) is -0.843. The molecule has 0 aliphatic carbocycles. The van der Waals surface area contributed by atoms with E-state index in [2.05, 4.69) is 0 Å². The standard InChI is InChI=1S/C17H10F3NO3/c18-17(19,20)14-6-2-4-12(8-14)15(22)10-24-16(23)13-5-1-3-11(7-13)9-21/h1-8H,10H2. The Balaban J connectivity index is 2.05. The smallest absolute Gasteiger partial charge is 0.416 e. The Kier molecular flexibility index (Phi) is 4.99. The molecule has 2 aromatic rings. The highest BCUT2D eigenvalue weighted by atomic mass is 19.4. The fourth-order valence-electron chi connectivity index (χ4n) is 1.88. The van der Waals surface area contributed by atoms with E-state index < -0.39 is 30.1 Å². The molecule has 0 amide bonds. The monoisotopic (exact) mass is 333 g/mol. The van der Waals surface area contributed by atoms with Crippen LogP contribution >= 0.6 is 0 Å². The van der Waals surface area contributed by atoms with Gasteiger partial charge in [-0.1, -0.05) is 18.2 Å². The van der Waals surface area contributed by atoms with E-state index in [0.29, 0.717) is 6.07 Å². The van der Waals surface area contributed by atoms with Crippen LogP contribution in [0.1, 0.15) is 31.8 Å². The second-order valence-electron chi connectivity index (χ2n) is 4.77. The molecule has 2 rings (SSSR count). The number of rotatable bonds is 4. The van der Waals surface area contributed by atoms with Crippen LogP contribution < -0.4 is 0 Å². The Labute approximate surface area is 135 Å². The molecule has 0 aromatic heterocycles. The van der Waals surface area contributed by atoms with Crippen molar-refractivity contribution in [3.05, 3.63) is 70.8 Å². The summed E-state index contributed by atoms with van der Waals surface area (Å²) >= 11 is 0. The lowest BCUT2D eigenvalue weighted by atomic mass is 10.1. The number of hydrogen-bond acceptors (Lipinski definition) is 4. The van der Waals surface area contributed by atoms with Gasteiger partial charge in [-0.3, -0.25) is 4.79 Å². The van der Waals surface area contributed by atoms with Crippen molar-refractivity contribution in [3.63, 3.8) is 0 Å². The predicted octanol–water partition coefficient (Wildman–Crippen LogP) is 3.62. The van der Waals surface area contributed by atoms with Gasteiger partial charge in [0.2, 0.25) is 0 Å².